The maximum atomic E-state index is 12.7. The first-order chi connectivity index (χ1) is 29.5. The van der Waals surface area contributed by atoms with Gasteiger partial charge in [0.2, 0.25) is 0 Å². The van der Waals surface area contributed by atoms with Crippen molar-refractivity contribution in [3.05, 3.63) is 0 Å². The van der Waals surface area contributed by atoms with Crippen molar-refractivity contribution in [1.82, 2.24) is 0 Å². The highest BCUT2D eigenvalue weighted by atomic mass is 17.0. The average Bonchev–Trinajstić information content (AvgIpc) is 3.82. The summed E-state index contributed by atoms with van der Waals surface area (Å²) in [6.07, 6.45) is -20.1. The van der Waals surface area contributed by atoms with E-state index in [0.717, 1.165) is 48.5 Å². The van der Waals surface area contributed by atoms with Crippen molar-refractivity contribution in [3.8, 4) is 0 Å². The summed E-state index contributed by atoms with van der Waals surface area (Å²) in [4.78, 5) is 85.1. The summed E-state index contributed by atoms with van der Waals surface area (Å²) in [7, 11) is 0. The van der Waals surface area contributed by atoms with E-state index in [1.807, 2.05) is 0 Å². The van der Waals surface area contributed by atoms with Crippen LogP contribution in [0.25, 0.3) is 0 Å². The number of carbonyl (C=O) groups is 7. The van der Waals surface area contributed by atoms with E-state index in [9.17, 15) is 33.6 Å². The molecule has 6 heterocycles. The monoisotopic (exact) mass is 908 g/mol. The third-order valence-corrected chi connectivity index (χ3v) is 10.1. The molecule has 0 N–H and O–H groups in total. The second kappa shape index (κ2) is 19.5. The molecule has 0 aromatic carbocycles. The van der Waals surface area contributed by atoms with E-state index in [2.05, 4.69) is 0 Å². The minimum atomic E-state index is -2.11. The van der Waals surface area contributed by atoms with Gasteiger partial charge in [0.05, 0.1) is 6.61 Å². The molecule has 6 rings (SSSR count). The SMILES string of the molecule is CC(=O)OC[C@@H]1O[C@@H]2O[C@](C)(OC[C@@H]3O[C@H]4O[C@H](C)O[C@@H]4[C@H](O[C@]4(C)O[C@@H]5O[C@@H](COC(C)=O)[C@@H](OC(C)=O)[C@H](OC(C)=O)[C@H]5O4)[C@@H]3OC(C)=O)O[C@H]2[C@H](OC(C)=O)[C@H]1OC(C)=O. The lowest BCUT2D eigenvalue weighted by Gasteiger charge is -2.44. The molecule has 25 heteroatoms. The predicted octanol–water partition coefficient (Wildman–Crippen LogP) is -0.713. The van der Waals surface area contributed by atoms with E-state index >= 15 is 0 Å². The molecule has 0 amide bonds. The molecule has 0 aliphatic carbocycles. The van der Waals surface area contributed by atoms with E-state index in [-0.39, 0.29) is 0 Å². The Balaban J connectivity index is 1.24. The quantitative estimate of drug-likeness (QED) is 0.154. The van der Waals surface area contributed by atoms with Gasteiger partial charge in [0.25, 0.3) is 11.9 Å². The lowest BCUT2D eigenvalue weighted by molar-refractivity contribution is -0.396. The predicted molar refractivity (Wildman–Crippen MR) is 192 cm³/mol. The van der Waals surface area contributed by atoms with E-state index in [0.29, 0.717) is 0 Å². The molecule has 6 fully saturated rings. The highest BCUT2D eigenvalue weighted by molar-refractivity contribution is 5.69. The zero-order valence-corrected chi connectivity index (χ0v) is 36.1. The summed E-state index contributed by atoms with van der Waals surface area (Å²) < 4.78 is 105. The summed E-state index contributed by atoms with van der Waals surface area (Å²) in [6, 6.07) is 0. The van der Waals surface area contributed by atoms with E-state index in [1.165, 1.54) is 13.8 Å². The first-order valence-corrected chi connectivity index (χ1v) is 20.0. The van der Waals surface area contributed by atoms with E-state index < -0.39 is 172 Å². The Kier molecular flexibility index (Phi) is 15.0. The maximum Gasteiger partial charge on any atom is 0.303 e. The first kappa shape index (κ1) is 48.3. The van der Waals surface area contributed by atoms with Crippen molar-refractivity contribution in [3.63, 3.8) is 0 Å². The normalized spacial score (nSPS) is 41.5. The highest BCUT2D eigenvalue weighted by Crippen LogP contribution is 2.45. The van der Waals surface area contributed by atoms with Crippen molar-refractivity contribution in [2.24, 2.45) is 0 Å². The topological polar surface area (TPSA) is 286 Å². The third-order valence-electron chi connectivity index (χ3n) is 10.1. The average molecular weight is 909 g/mol. The summed E-state index contributed by atoms with van der Waals surface area (Å²) in [5, 5.41) is 0. The molecule has 6 aliphatic rings. The minimum Gasteiger partial charge on any atom is -0.463 e. The van der Waals surface area contributed by atoms with Crippen LogP contribution in [-0.2, 0) is 119 Å². The lowest BCUT2D eigenvalue weighted by Crippen LogP contribution is -2.62. The smallest absolute Gasteiger partial charge is 0.303 e. The highest BCUT2D eigenvalue weighted by Gasteiger charge is 2.64. The second-order valence-corrected chi connectivity index (χ2v) is 15.4. The molecular formula is C38H52O25. The lowest BCUT2D eigenvalue weighted by atomic mass is 9.98. The standard InChI is InChI=1S/C38H52O25/c1-14(39)46-11-22-25(49-16(3)41)28(52-19(6)44)32-35(57-22)62-37(9,60-32)48-13-24-27(51-18(5)43)30(31-34(56-24)55-21(8)54-31)59-38(10)61-33-29(53-20(7)45)26(50-17(4)42)23(12-47-15(2)40)58-36(33)63-38/h21-36H,11-13H2,1-10H3/t21-,22+,23+,24+,25+,26-,27-,28-,29+,30-,31-,32+,33-,34-,35-,36+,37-,38+/m1/s1. The third kappa shape index (κ3) is 11.6. The molecule has 0 aromatic rings. The second-order valence-electron chi connectivity index (χ2n) is 15.4. The van der Waals surface area contributed by atoms with Gasteiger partial charge in [-0.3, -0.25) is 43.0 Å². The van der Waals surface area contributed by atoms with Crippen LogP contribution in [0.15, 0.2) is 0 Å². The van der Waals surface area contributed by atoms with Gasteiger partial charge < -0.3 is 75.8 Å². The fourth-order valence-corrected chi connectivity index (χ4v) is 7.94. The molecule has 0 bridgehead atoms. The number of hydrogen-bond acceptors (Lipinski definition) is 25. The van der Waals surface area contributed by atoms with Crippen molar-refractivity contribution in [1.29, 1.82) is 0 Å². The number of hydrogen-bond donors (Lipinski definition) is 0. The van der Waals surface area contributed by atoms with Gasteiger partial charge in [-0.25, -0.2) is 0 Å². The molecule has 0 spiro atoms. The van der Waals surface area contributed by atoms with Gasteiger partial charge >= 0.3 is 41.8 Å². The van der Waals surface area contributed by atoms with Crippen LogP contribution in [0.2, 0.25) is 0 Å². The van der Waals surface area contributed by atoms with Crippen LogP contribution in [0.4, 0.5) is 0 Å². The summed E-state index contributed by atoms with van der Waals surface area (Å²) in [5.41, 5.74) is 0. The molecule has 18 atom stereocenters. The Morgan fingerprint density at radius 2 is 0.794 bits per heavy atom. The van der Waals surface area contributed by atoms with Crippen LogP contribution < -0.4 is 0 Å². The molecule has 0 radical (unpaired) electrons. The maximum absolute atomic E-state index is 12.7. The van der Waals surface area contributed by atoms with Gasteiger partial charge in [-0.1, -0.05) is 0 Å². The van der Waals surface area contributed by atoms with Gasteiger partial charge in [-0.05, 0) is 6.92 Å². The largest absolute Gasteiger partial charge is 0.463 e. The summed E-state index contributed by atoms with van der Waals surface area (Å²) in [5.74, 6) is -9.30. The Morgan fingerprint density at radius 3 is 1.24 bits per heavy atom. The van der Waals surface area contributed by atoms with Crippen LogP contribution in [0.5, 0.6) is 0 Å². The van der Waals surface area contributed by atoms with Crippen LogP contribution in [0.3, 0.4) is 0 Å². The molecule has 0 saturated carbocycles. The van der Waals surface area contributed by atoms with Gasteiger partial charge in [0, 0.05) is 62.3 Å². The molecular weight excluding hydrogens is 856 g/mol. The summed E-state index contributed by atoms with van der Waals surface area (Å²) in [6.45, 7) is 10.9. The Hall–Kier alpha value is -4.15. The molecule has 6 aliphatic heterocycles. The van der Waals surface area contributed by atoms with Crippen molar-refractivity contribution < 1.29 is 119 Å². The van der Waals surface area contributed by atoms with E-state index in [1.54, 1.807) is 6.92 Å². The molecule has 0 unspecified atom stereocenters. The van der Waals surface area contributed by atoms with Crippen molar-refractivity contribution >= 4 is 41.8 Å². The minimum absolute atomic E-state index is 0.411. The Morgan fingerprint density at radius 1 is 0.413 bits per heavy atom. The van der Waals surface area contributed by atoms with Crippen LogP contribution >= 0.6 is 0 Å². The number of rotatable bonds is 14. The first-order valence-electron chi connectivity index (χ1n) is 20.0. The fraction of sp³-hybridized carbons (Fsp3) is 0.816. The van der Waals surface area contributed by atoms with Crippen LogP contribution in [-0.4, -0.2) is 172 Å². The number of carbonyl (C=O) groups excluding carboxylic acids is 7. The van der Waals surface area contributed by atoms with Gasteiger partial charge in [0.1, 0.15) is 43.7 Å². The van der Waals surface area contributed by atoms with Gasteiger partial charge in [-0.2, -0.15) is 0 Å². The van der Waals surface area contributed by atoms with Crippen molar-refractivity contribution in [2.45, 2.75) is 180 Å². The number of fused-ring (bicyclic) bond motifs is 3. The fourth-order valence-electron chi connectivity index (χ4n) is 7.94. The zero-order valence-electron chi connectivity index (χ0n) is 36.1. The van der Waals surface area contributed by atoms with Crippen LogP contribution in [0.1, 0.15) is 69.2 Å². The summed E-state index contributed by atoms with van der Waals surface area (Å²) >= 11 is 0. The van der Waals surface area contributed by atoms with Crippen LogP contribution in [0, 0.1) is 0 Å². The van der Waals surface area contributed by atoms with Gasteiger partial charge in [0.15, 0.2) is 67.9 Å². The van der Waals surface area contributed by atoms with E-state index in [4.69, 9.17) is 85.3 Å². The number of ether oxygens (including phenoxy) is 18. The number of esters is 7. The Labute approximate surface area is 359 Å². The molecule has 0 aromatic heterocycles. The van der Waals surface area contributed by atoms with Crippen molar-refractivity contribution in [2.75, 3.05) is 19.8 Å². The Bertz CT molecular complexity index is 1740. The zero-order chi connectivity index (χ0) is 46.1. The molecule has 25 nitrogen and oxygen atoms in total. The molecule has 6 saturated heterocycles. The van der Waals surface area contributed by atoms with Gasteiger partial charge in [-0.15, -0.1) is 0 Å². The molecule has 354 valence electrons. The molecule has 63 heavy (non-hydrogen) atoms.